The number of hydrogen-bond donors (Lipinski definition) is 2. The van der Waals surface area contributed by atoms with E-state index in [9.17, 15) is 9.59 Å². The highest BCUT2D eigenvalue weighted by Gasteiger charge is 2.15. The van der Waals surface area contributed by atoms with Crippen molar-refractivity contribution >= 4 is 49.6 Å². The fraction of sp³-hybridized carbons (Fsp3) is 0.120. The second kappa shape index (κ2) is 8.95. The normalized spacial score (nSPS) is 11.0. The first-order chi connectivity index (χ1) is 16.6. The maximum Gasteiger partial charge on any atom is 0.283 e. The van der Waals surface area contributed by atoms with E-state index in [4.69, 9.17) is 4.74 Å². The van der Waals surface area contributed by atoms with E-state index in [1.165, 1.54) is 15.9 Å². The van der Waals surface area contributed by atoms with Gasteiger partial charge < -0.3 is 15.4 Å². The van der Waals surface area contributed by atoms with Gasteiger partial charge in [-0.05, 0) is 54.4 Å². The van der Waals surface area contributed by atoms with Gasteiger partial charge >= 0.3 is 0 Å². The molecule has 0 spiro atoms. The summed E-state index contributed by atoms with van der Waals surface area (Å²) in [6.45, 7) is 2.06. The smallest absolute Gasteiger partial charge is 0.283 e. The Kier molecular flexibility index (Phi) is 5.69. The standard InChI is InChI=1S/C25H21N5O3S/c1-3-15-7-6-8-17(13-15)26-22(31)16-11-12-18-20(14-16)28-25-30(23(18)32)29-24(34-25)27-19-9-4-5-10-21(19)33-2/h4-14H,3H2,1-2H3,(H,26,31)(H,27,29). The number of ether oxygens (including phenoxy) is 1. The Bertz CT molecular complexity index is 1590. The van der Waals surface area contributed by atoms with E-state index in [0.717, 1.165) is 23.4 Å². The average Bonchev–Trinajstić information content (AvgIpc) is 3.26. The van der Waals surface area contributed by atoms with Gasteiger partial charge in [0, 0.05) is 11.3 Å². The summed E-state index contributed by atoms with van der Waals surface area (Å²) in [5, 5.41) is 11.4. The van der Waals surface area contributed by atoms with E-state index in [0.29, 0.717) is 32.3 Å². The molecule has 0 radical (unpaired) electrons. The number of para-hydroxylation sites is 2. The van der Waals surface area contributed by atoms with E-state index >= 15 is 0 Å². The van der Waals surface area contributed by atoms with Crippen molar-refractivity contribution in [3.8, 4) is 5.75 Å². The predicted octanol–water partition coefficient (Wildman–Crippen LogP) is 4.87. The maximum atomic E-state index is 13.0. The van der Waals surface area contributed by atoms with Crippen LogP contribution in [0.15, 0.2) is 71.5 Å². The molecule has 0 aliphatic carbocycles. The van der Waals surface area contributed by atoms with E-state index in [1.807, 2.05) is 48.5 Å². The molecule has 0 aliphatic rings. The predicted molar refractivity (Wildman–Crippen MR) is 135 cm³/mol. The van der Waals surface area contributed by atoms with Crippen LogP contribution in [0.4, 0.5) is 16.5 Å². The molecule has 0 saturated heterocycles. The highest BCUT2D eigenvalue weighted by Crippen LogP contribution is 2.29. The lowest BCUT2D eigenvalue weighted by atomic mass is 10.1. The number of fused-ring (bicyclic) bond motifs is 2. The molecule has 0 unspecified atom stereocenters. The lowest BCUT2D eigenvalue weighted by molar-refractivity contribution is 0.102. The fourth-order valence-corrected chi connectivity index (χ4v) is 4.45. The van der Waals surface area contributed by atoms with Gasteiger partial charge in [-0.3, -0.25) is 9.59 Å². The van der Waals surface area contributed by atoms with Crippen LogP contribution in [-0.4, -0.2) is 27.6 Å². The van der Waals surface area contributed by atoms with Gasteiger partial charge in [-0.15, -0.1) is 5.10 Å². The quantitative estimate of drug-likeness (QED) is 0.367. The largest absolute Gasteiger partial charge is 0.495 e. The molecule has 0 bridgehead atoms. The second-order valence-electron chi connectivity index (χ2n) is 7.58. The SMILES string of the molecule is CCc1cccc(NC(=O)c2ccc3c(=O)n4nc(Nc5ccccc5OC)sc4nc3c2)c1. The highest BCUT2D eigenvalue weighted by atomic mass is 32.1. The Hall–Kier alpha value is -4.24. The molecule has 0 atom stereocenters. The van der Waals surface area contributed by atoms with Crippen LogP contribution in [0.2, 0.25) is 0 Å². The molecule has 2 heterocycles. The number of carbonyl (C=O) groups excluding carboxylic acids is 1. The van der Waals surface area contributed by atoms with Crippen molar-refractivity contribution in [3.05, 3.63) is 88.2 Å². The van der Waals surface area contributed by atoms with Crippen molar-refractivity contribution in [3.63, 3.8) is 0 Å². The monoisotopic (exact) mass is 471 g/mol. The second-order valence-corrected chi connectivity index (χ2v) is 8.54. The van der Waals surface area contributed by atoms with Gasteiger partial charge in [-0.1, -0.05) is 42.5 Å². The number of hydrogen-bond acceptors (Lipinski definition) is 7. The Morgan fingerprint density at radius 2 is 1.94 bits per heavy atom. The molecule has 1 amide bonds. The molecule has 2 N–H and O–H groups in total. The third-order valence-electron chi connectivity index (χ3n) is 5.40. The minimum atomic E-state index is -0.299. The Morgan fingerprint density at radius 1 is 1.09 bits per heavy atom. The Balaban J connectivity index is 1.48. The molecule has 9 heteroatoms. The van der Waals surface area contributed by atoms with Crippen molar-refractivity contribution < 1.29 is 9.53 Å². The van der Waals surface area contributed by atoms with Gasteiger partial charge in [0.2, 0.25) is 10.1 Å². The van der Waals surface area contributed by atoms with Crippen LogP contribution in [0, 0.1) is 0 Å². The number of anilines is 3. The van der Waals surface area contributed by atoms with Crippen molar-refractivity contribution in [1.29, 1.82) is 0 Å². The molecule has 0 fully saturated rings. The van der Waals surface area contributed by atoms with Crippen LogP contribution in [-0.2, 0) is 6.42 Å². The van der Waals surface area contributed by atoms with E-state index < -0.39 is 0 Å². The minimum Gasteiger partial charge on any atom is -0.495 e. The summed E-state index contributed by atoms with van der Waals surface area (Å²) >= 11 is 1.23. The lowest BCUT2D eigenvalue weighted by Crippen LogP contribution is -2.16. The van der Waals surface area contributed by atoms with Crippen molar-refractivity contribution in [1.82, 2.24) is 14.6 Å². The molecule has 8 nitrogen and oxygen atoms in total. The third kappa shape index (κ3) is 4.08. The topological polar surface area (TPSA) is 97.6 Å². The minimum absolute atomic E-state index is 0.264. The maximum absolute atomic E-state index is 13.0. The summed E-state index contributed by atoms with van der Waals surface area (Å²) in [6, 6.07) is 20.0. The number of rotatable bonds is 6. The fourth-order valence-electron chi connectivity index (χ4n) is 3.64. The van der Waals surface area contributed by atoms with Crippen molar-refractivity contribution in [2.45, 2.75) is 13.3 Å². The summed E-state index contributed by atoms with van der Waals surface area (Å²) in [6.07, 6.45) is 0.881. The molecule has 5 rings (SSSR count). The molecule has 3 aromatic carbocycles. The van der Waals surface area contributed by atoms with Gasteiger partial charge in [0.25, 0.3) is 11.5 Å². The molecule has 0 saturated carbocycles. The Labute approximate surface area is 198 Å². The first-order valence-corrected chi connectivity index (χ1v) is 11.5. The van der Waals surface area contributed by atoms with E-state index in [-0.39, 0.29) is 11.5 Å². The first-order valence-electron chi connectivity index (χ1n) is 10.7. The summed E-state index contributed by atoms with van der Waals surface area (Å²) in [5.74, 6) is 0.396. The number of amides is 1. The highest BCUT2D eigenvalue weighted by molar-refractivity contribution is 7.20. The molecular weight excluding hydrogens is 450 g/mol. The zero-order chi connectivity index (χ0) is 23.7. The van der Waals surface area contributed by atoms with Gasteiger partial charge in [-0.25, -0.2) is 4.98 Å². The van der Waals surface area contributed by atoms with Crippen LogP contribution < -0.4 is 20.9 Å². The molecule has 5 aromatic rings. The lowest BCUT2D eigenvalue weighted by Gasteiger charge is -2.07. The zero-order valence-corrected chi connectivity index (χ0v) is 19.3. The third-order valence-corrected chi connectivity index (χ3v) is 6.22. The van der Waals surface area contributed by atoms with Gasteiger partial charge in [0.1, 0.15) is 5.75 Å². The van der Waals surface area contributed by atoms with Crippen molar-refractivity contribution in [2.24, 2.45) is 0 Å². The van der Waals surface area contributed by atoms with Crippen molar-refractivity contribution in [2.75, 3.05) is 17.7 Å². The average molecular weight is 472 g/mol. The Morgan fingerprint density at radius 3 is 2.76 bits per heavy atom. The first kappa shape index (κ1) is 21.6. The summed E-state index contributed by atoms with van der Waals surface area (Å²) in [4.78, 5) is 30.9. The number of aromatic nitrogens is 3. The van der Waals surface area contributed by atoms with E-state index in [2.05, 4.69) is 27.6 Å². The number of aryl methyl sites for hydroxylation is 1. The summed E-state index contributed by atoms with van der Waals surface area (Å²) in [7, 11) is 1.59. The number of methoxy groups -OCH3 is 1. The van der Waals surface area contributed by atoms with Crippen LogP contribution in [0.5, 0.6) is 5.75 Å². The van der Waals surface area contributed by atoms with Gasteiger partial charge in [0.15, 0.2) is 0 Å². The summed E-state index contributed by atoms with van der Waals surface area (Å²) < 4.78 is 6.63. The van der Waals surface area contributed by atoms with Crippen LogP contribution in [0.3, 0.4) is 0 Å². The van der Waals surface area contributed by atoms with E-state index in [1.54, 1.807) is 25.3 Å². The van der Waals surface area contributed by atoms with Crippen LogP contribution in [0.1, 0.15) is 22.8 Å². The molecule has 0 aliphatic heterocycles. The molecule has 34 heavy (non-hydrogen) atoms. The van der Waals surface area contributed by atoms with Crippen LogP contribution in [0.25, 0.3) is 15.9 Å². The zero-order valence-electron chi connectivity index (χ0n) is 18.5. The number of benzene rings is 3. The molecule has 170 valence electrons. The summed E-state index contributed by atoms with van der Waals surface area (Å²) in [5.41, 5.74) is 3.15. The number of nitrogens with one attached hydrogen (secondary N) is 2. The van der Waals surface area contributed by atoms with Crippen LogP contribution >= 0.6 is 11.3 Å². The number of carbonyl (C=O) groups is 1. The van der Waals surface area contributed by atoms with Gasteiger partial charge in [-0.2, -0.15) is 4.52 Å². The molecule has 2 aromatic heterocycles. The molecular formula is C25H21N5O3S. The van der Waals surface area contributed by atoms with Gasteiger partial charge in [0.05, 0.1) is 23.7 Å². The number of nitrogens with zero attached hydrogens (tertiary/aromatic N) is 3.